The summed E-state index contributed by atoms with van der Waals surface area (Å²) in [5.41, 5.74) is 6.22. The number of H-pyrrole nitrogens is 1. The molecule has 0 unspecified atom stereocenters. The second-order valence-corrected chi connectivity index (χ2v) is 8.90. The fourth-order valence-electron chi connectivity index (χ4n) is 5.38. The van der Waals surface area contributed by atoms with Crippen LogP contribution < -0.4 is 0 Å². The van der Waals surface area contributed by atoms with Crippen LogP contribution in [0.4, 0.5) is 0 Å². The first-order valence-corrected chi connectivity index (χ1v) is 11.2. The van der Waals surface area contributed by atoms with Crippen molar-refractivity contribution in [2.45, 2.75) is 57.9 Å². The van der Waals surface area contributed by atoms with E-state index in [2.05, 4.69) is 65.3 Å². The summed E-state index contributed by atoms with van der Waals surface area (Å²) in [6.07, 6.45) is 7.95. The number of para-hydroxylation sites is 1. The van der Waals surface area contributed by atoms with Crippen molar-refractivity contribution in [3.63, 3.8) is 0 Å². The van der Waals surface area contributed by atoms with Gasteiger partial charge in [-0.15, -0.1) is 0 Å². The first-order chi connectivity index (χ1) is 14.2. The molecule has 1 aliphatic carbocycles. The van der Waals surface area contributed by atoms with Crippen LogP contribution in [-0.4, -0.2) is 22.3 Å². The monoisotopic (exact) mass is 386 g/mol. The quantitative estimate of drug-likeness (QED) is 0.593. The van der Waals surface area contributed by atoms with Gasteiger partial charge in [0.15, 0.2) is 0 Å². The predicted molar refractivity (Wildman–Crippen MR) is 118 cm³/mol. The molecule has 3 heteroatoms. The standard InChI is InChI=1S/C26H30N2O/c1-18-10-13-20(14-11-18)26-25-22(21-8-4-5-9-23(21)27-25)16-17-28(26)24(29)15-12-19-6-2-3-7-19/h4-5,8-11,13-14,19,26-27H,2-3,6-7,12,15-17H2,1H3/t26-/m1/s1. The van der Waals surface area contributed by atoms with Gasteiger partial charge in [-0.05, 0) is 42.9 Å². The number of amides is 1. The Morgan fingerprint density at radius 1 is 1.07 bits per heavy atom. The number of aromatic amines is 1. The fraction of sp³-hybridized carbons (Fsp3) is 0.423. The Morgan fingerprint density at radius 2 is 1.83 bits per heavy atom. The maximum atomic E-state index is 13.3. The topological polar surface area (TPSA) is 36.1 Å². The number of aromatic nitrogens is 1. The molecule has 3 aromatic rings. The molecule has 5 rings (SSSR count). The van der Waals surface area contributed by atoms with Gasteiger partial charge in [0.1, 0.15) is 0 Å². The Hall–Kier alpha value is -2.55. The second-order valence-electron chi connectivity index (χ2n) is 8.90. The zero-order chi connectivity index (χ0) is 19.8. The second kappa shape index (κ2) is 7.70. The molecule has 150 valence electrons. The molecule has 1 fully saturated rings. The molecule has 1 N–H and O–H groups in total. The van der Waals surface area contributed by atoms with Crippen LogP contribution in [0.25, 0.3) is 10.9 Å². The van der Waals surface area contributed by atoms with E-state index < -0.39 is 0 Å². The minimum Gasteiger partial charge on any atom is -0.356 e. The minimum absolute atomic E-state index is 0.0113. The number of carbonyl (C=O) groups is 1. The Labute approximate surface area is 173 Å². The molecule has 0 radical (unpaired) electrons. The number of hydrogen-bond acceptors (Lipinski definition) is 1. The number of hydrogen-bond donors (Lipinski definition) is 1. The number of aryl methyl sites for hydroxylation is 1. The van der Waals surface area contributed by atoms with Crippen molar-refractivity contribution in [3.8, 4) is 0 Å². The van der Waals surface area contributed by atoms with E-state index in [9.17, 15) is 4.79 Å². The molecule has 1 saturated carbocycles. The van der Waals surface area contributed by atoms with Crippen LogP contribution in [0.15, 0.2) is 48.5 Å². The summed E-state index contributed by atoms with van der Waals surface area (Å²) in [7, 11) is 0. The van der Waals surface area contributed by atoms with Gasteiger partial charge in [-0.3, -0.25) is 4.79 Å². The van der Waals surface area contributed by atoms with Crippen molar-refractivity contribution in [2.75, 3.05) is 6.54 Å². The Balaban J connectivity index is 1.50. The SMILES string of the molecule is Cc1ccc([C@@H]2c3[nH]c4ccccc4c3CCN2C(=O)CCC2CCCC2)cc1. The van der Waals surface area contributed by atoms with E-state index >= 15 is 0 Å². The molecule has 1 atom stereocenters. The van der Waals surface area contributed by atoms with Gasteiger partial charge in [-0.25, -0.2) is 0 Å². The maximum Gasteiger partial charge on any atom is 0.223 e. The van der Waals surface area contributed by atoms with E-state index in [0.29, 0.717) is 12.3 Å². The molecule has 2 heterocycles. The number of nitrogens with zero attached hydrogens (tertiary/aromatic N) is 1. The summed E-state index contributed by atoms with van der Waals surface area (Å²) in [4.78, 5) is 19.1. The lowest BCUT2D eigenvalue weighted by atomic mass is 9.91. The van der Waals surface area contributed by atoms with E-state index in [1.54, 1.807) is 0 Å². The van der Waals surface area contributed by atoms with Gasteiger partial charge < -0.3 is 9.88 Å². The van der Waals surface area contributed by atoms with Crippen LogP contribution in [0.1, 0.15) is 67.0 Å². The normalized spacial score (nSPS) is 19.6. The average Bonchev–Trinajstić information content (AvgIpc) is 3.39. The van der Waals surface area contributed by atoms with Gasteiger partial charge in [0.2, 0.25) is 5.91 Å². The van der Waals surface area contributed by atoms with Gasteiger partial charge >= 0.3 is 0 Å². The van der Waals surface area contributed by atoms with E-state index in [-0.39, 0.29) is 6.04 Å². The molecule has 2 aliphatic rings. The van der Waals surface area contributed by atoms with E-state index in [0.717, 1.165) is 25.3 Å². The van der Waals surface area contributed by atoms with Crippen molar-refractivity contribution >= 4 is 16.8 Å². The molecule has 0 saturated heterocycles. The lowest BCUT2D eigenvalue weighted by molar-refractivity contribution is -0.133. The average molecular weight is 387 g/mol. The van der Waals surface area contributed by atoms with Crippen molar-refractivity contribution < 1.29 is 4.79 Å². The Kier molecular flexibility index (Phi) is 4.91. The van der Waals surface area contributed by atoms with Crippen molar-refractivity contribution in [1.29, 1.82) is 0 Å². The zero-order valence-corrected chi connectivity index (χ0v) is 17.3. The third-order valence-corrected chi connectivity index (χ3v) is 6.99. The van der Waals surface area contributed by atoms with Crippen LogP contribution in [-0.2, 0) is 11.2 Å². The molecule has 3 nitrogen and oxygen atoms in total. The zero-order valence-electron chi connectivity index (χ0n) is 17.3. The number of fused-ring (bicyclic) bond motifs is 3. The van der Waals surface area contributed by atoms with Gasteiger partial charge in [-0.2, -0.15) is 0 Å². The number of benzene rings is 2. The molecule has 1 amide bonds. The highest BCUT2D eigenvalue weighted by Gasteiger charge is 2.34. The number of carbonyl (C=O) groups excluding carboxylic acids is 1. The minimum atomic E-state index is -0.0113. The van der Waals surface area contributed by atoms with Crippen molar-refractivity contribution in [1.82, 2.24) is 9.88 Å². The molecule has 1 aromatic heterocycles. The van der Waals surface area contributed by atoms with E-state index in [1.807, 2.05) is 0 Å². The van der Waals surface area contributed by atoms with E-state index in [1.165, 1.54) is 59.0 Å². The summed E-state index contributed by atoms with van der Waals surface area (Å²) in [6, 6.07) is 17.2. The summed E-state index contributed by atoms with van der Waals surface area (Å²) in [5.74, 6) is 1.07. The molecule has 1 aliphatic heterocycles. The summed E-state index contributed by atoms with van der Waals surface area (Å²) in [5, 5.41) is 1.30. The lowest BCUT2D eigenvalue weighted by Crippen LogP contribution is -2.40. The molecule has 0 bridgehead atoms. The fourth-order valence-corrected chi connectivity index (χ4v) is 5.38. The lowest BCUT2D eigenvalue weighted by Gasteiger charge is -2.36. The van der Waals surface area contributed by atoms with Gasteiger partial charge in [0.25, 0.3) is 0 Å². The summed E-state index contributed by atoms with van der Waals surface area (Å²) < 4.78 is 0. The predicted octanol–water partition coefficient (Wildman–Crippen LogP) is 5.92. The van der Waals surface area contributed by atoms with Gasteiger partial charge in [-0.1, -0.05) is 73.7 Å². The highest BCUT2D eigenvalue weighted by Crippen LogP contribution is 2.39. The first-order valence-electron chi connectivity index (χ1n) is 11.2. The summed E-state index contributed by atoms with van der Waals surface area (Å²) >= 11 is 0. The Bertz CT molecular complexity index is 1010. The third kappa shape index (κ3) is 3.48. The van der Waals surface area contributed by atoms with Crippen molar-refractivity contribution in [3.05, 3.63) is 70.9 Å². The molecule has 2 aromatic carbocycles. The van der Waals surface area contributed by atoms with E-state index in [4.69, 9.17) is 0 Å². The third-order valence-electron chi connectivity index (χ3n) is 6.99. The van der Waals surface area contributed by atoms with Gasteiger partial charge in [0.05, 0.1) is 6.04 Å². The largest absolute Gasteiger partial charge is 0.356 e. The molecular formula is C26H30N2O. The molecular weight excluding hydrogens is 356 g/mol. The van der Waals surface area contributed by atoms with Crippen LogP contribution in [0.3, 0.4) is 0 Å². The van der Waals surface area contributed by atoms with Crippen LogP contribution in [0.5, 0.6) is 0 Å². The number of rotatable bonds is 4. The van der Waals surface area contributed by atoms with Gasteiger partial charge in [0, 0.05) is 29.6 Å². The van der Waals surface area contributed by atoms with Crippen LogP contribution in [0, 0.1) is 12.8 Å². The number of nitrogens with one attached hydrogen (secondary N) is 1. The smallest absolute Gasteiger partial charge is 0.223 e. The first kappa shape index (κ1) is 18.5. The highest BCUT2D eigenvalue weighted by molar-refractivity contribution is 5.86. The van der Waals surface area contributed by atoms with Crippen LogP contribution >= 0.6 is 0 Å². The Morgan fingerprint density at radius 3 is 2.62 bits per heavy atom. The van der Waals surface area contributed by atoms with Crippen LogP contribution in [0.2, 0.25) is 0 Å². The summed E-state index contributed by atoms with van der Waals surface area (Å²) in [6.45, 7) is 2.92. The molecule has 0 spiro atoms. The highest BCUT2D eigenvalue weighted by atomic mass is 16.2. The molecule has 29 heavy (non-hydrogen) atoms. The van der Waals surface area contributed by atoms with Crippen molar-refractivity contribution in [2.24, 2.45) is 5.92 Å². The maximum absolute atomic E-state index is 13.3.